The fourth-order valence-electron chi connectivity index (χ4n) is 5.53. The van der Waals surface area contributed by atoms with Gasteiger partial charge in [-0.25, -0.2) is 4.85 Å². The van der Waals surface area contributed by atoms with E-state index in [1.54, 1.807) is 0 Å². The quantitative estimate of drug-likeness (QED) is 0.296. The van der Waals surface area contributed by atoms with Crippen LogP contribution in [0.1, 0.15) is 57.4 Å². The zero-order valence-corrected chi connectivity index (χ0v) is 21.2. The third-order valence-electron chi connectivity index (χ3n) is 7.76. The average molecular weight is 489 g/mol. The van der Waals surface area contributed by atoms with E-state index in [1.807, 2.05) is 54.6 Å². The molecule has 0 spiro atoms. The van der Waals surface area contributed by atoms with Crippen molar-refractivity contribution in [3.8, 4) is 6.07 Å². The molecule has 0 bridgehead atoms. The third kappa shape index (κ3) is 6.33. The maximum absolute atomic E-state index is 13.2. The van der Waals surface area contributed by atoms with E-state index < -0.39 is 0 Å². The zero-order chi connectivity index (χ0) is 25.6. The molecule has 37 heavy (non-hydrogen) atoms. The summed E-state index contributed by atoms with van der Waals surface area (Å²) in [5.74, 6) is 0.705. The number of rotatable bonds is 7. The van der Waals surface area contributed by atoms with Gasteiger partial charge in [0.1, 0.15) is 0 Å². The number of benzene rings is 3. The minimum absolute atomic E-state index is 0.264. The van der Waals surface area contributed by atoms with Crippen LogP contribution in [0.4, 0.5) is 5.69 Å². The van der Waals surface area contributed by atoms with Gasteiger partial charge in [0.05, 0.1) is 18.2 Å². The molecule has 2 aliphatic rings. The summed E-state index contributed by atoms with van der Waals surface area (Å²) in [4.78, 5) is 21.5. The third-order valence-corrected chi connectivity index (χ3v) is 7.76. The molecule has 0 unspecified atom stereocenters. The van der Waals surface area contributed by atoms with Gasteiger partial charge in [-0.3, -0.25) is 14.6 Å². The maximum Gasteiger partial charge on any atom is 0.187 e. The Kier molecular flexibility index (Phi) is 7.76. The van der Waals surface area contributed by atoms with Gasteiger partial charge < -0.3 is 0 Å². The Bertz CT molecular complexity index is 1320. The van der Waals surface area contributed by atoms with Crippen molar-refractivity contribution in [2.45, 2.75) is 45.3 Å². The van der Waals surface area contributed by atoms with Crippen LogP contribution in [0, 0.1) is 23.8 Å². The van der Waals surface area contributed by atoms with E-state index in [4.69, 9.17) is 11.8 Å². The van der Waals surface area contributed by atoms with Gasteiger partial charge in [0.25, 0.3) is 0 Å². The van der Waals surface area contributed by atoms with Crippen molar-refractivity contribution in [3.05, 3.63) is 112 Å². The second-order valence-corrected chi connectivity index (χ2v) is 10.4. The molecule has 5 nitrogen and oxygen atoms in total. The predicted molar refractivity (Wildman–Crippen MR) is 145 cm³/mol. The van der Waals surface area contributed by atoms with E-state index in [2.05, 4.69) is 32.8 Å². The molecule has 3 aromatic carbocycles. The van der Waals surface area contributed by atoms with Crippen LogP contribution in [-0.4, -0.2) is 35.2 Å². The van der Waals surface area contributed by atoms with E-state index in [0.29, 0.717) is 23.6 Å². The Morgan fingerprint density at radius 2 is 1.57 bits per heavy atom. The molecule has 0 N–H and O–H groups in total. The molecule has 0 amide bonds. The monoisotopic (exact) mass is 488 g/mol. The summed E-state index contributed by atoms with van der Waals surface area (Å²) >= 11 is 0. The van der Waals surface area contributed by atoms with Gasteiger partial charge in [-0.1, -0.05) is 48.5 Å². The van der Waals surface area contributed by atoms with E-state index in [-0.39, 0.29) is 5.78 Å². The lowest BCUT2D eigenvalue weighted by atomic mass is 9.88. The SMILES string of the molecule is [C-]#[N+]c1ccc(CN2CCc3ccc(C(=O)CC4CCN(Cc5ccc(C#N)cc5)CC4)cc3C2)cc1. The minimum atomic E-state index is 0.264. The van der Waals surface area contributed by atoms with Crippen LogP contribution < -0.4 is 0 Å². The highest BCUT2D eigenvalue weighted by molar-refractivity contribution is 5.96. The van der Waals surface area contributed by atoms with Crippen molar-refractivity contribution in [2.24, 2.45) is 5.92 Å². The fraction of sp³-hybridized carbons (Fsp3) is 0.344. The second kappa shape index (κ2) is 11.5. The van der Waals surface area contributed by atoms with E-state index in [1.165, 1.54) is 22.3 Å². The zero-order valence-electron chi connectivity index (χ0n) is 21.2. The molecule has 0 aromatic heterocycles. The Balaban J connectivity index is 1.13. The summed E-state index contributed by atoms with van der Waals surface area (Å²) in [7, 11) is 0. The molecular formula is C32H32N4O. The summed E-state index contributed by atoms with van der Waals surface area (Å²) in [6.07, 6.45) is 3.72. The largest absolute Gasteiger partial charge is 0.299 e. The molecule has 5 heteroatoms. The first-order valence-corrected chi connectivity index (χ1v) is 13.1. The average Bonchev–Trinajstić information content (AvgIpc) is 2.94. The number of likely N-dealkylation sites (tertiary alicyclic amines) is 1. The molecule has 3 aromatic rings. The Hall–Kier alpha value is -3.77. The van der Waals surface area contributed by atoms with Gasteiger partial charge in [0, 0.05) is 38.2 Å². The molecule has 2 heterocycles. The molecule has 0 atom stereocenters. The van der Waals surface area contributed by atoms with Crippen molar-refractivity contribution in [2.75, 3.05) is 19.6 Å². The van der Waals surface area contributed by atoms with Gasteiger partial charge in [0.15, 0.2) is 11.5 Å². The molecule has 0 saturated carbocycles. The number of fused-ring (bicyclic) bond motifs is 1. The first kappa shape index (κ1) is 24.9. The van der Waals surface area contributed by atoms with Gasteiger partial charge in [-0.05, 0) is 78.7 Å². The number of nitrogens with zero attached hydrogens (tertiary/aromatic N) is 4. The highest BCUT2D eigenvalue weighted by atomic mass is 16.1. The molecule has 2 aliphatic heterocycles. The van der Waals surface area contributed by atoms with Crippen molar-refractivity contribution >= 4 is 11.5 Å². The normalized spacial score (nSPS) is 16.5. The van der Waals surface area contributed by atoms with Gasteiger partial charge in [0.2, 0.25) is 0 Å². The maximum atomic E-state index is 13.2. The lowest BCUT2D eigenvalue weighted by molar-refractivity contribution is 0.0924. The van der Waals surface area contributed by atoms with Crippen LogP contribution in [0.15, 0.2) is 66.7 Å². The number of Topliss-reactive ketones (excluding diaryl/α,β-unsaturated/α-hetero) is 1. The molecule has 1 saturated heterocycles. The van der Waals surface area contributed by atoms with Gasteiger partial charge in [-0.15, -0.1) is 0 Å². The van der Waals surface area contributed by atoms with Gasteiger partial charge >= 0.3 is 0 Å². The molecule has 1 fully saturated rings. The summed E-state index contributed by atoms with van der Waals surface area (Å²) < 4.78 is 0. The molecule has 0 aliphatic carbocycles. The van der Waals surface area contributed by atoms with E-state index in [0.717, 1.165) is 64.1 Å². The standard InChI is InChI=1S/C32H32N4O/c1-34-31-10-6-27(7-11-31)22-36-17-14-28-8-9-29(19-30(28)23-36)32(37)18-24-12-15-35(16-13-24)21-26-4-2-25(20-33)3-5-26/h2-11,19,24H,12-18,21-23H2. The van der Waals surface area contributed by atoms with Crippen molar-refractivity contribution in [3.63, 3.8) is 0 Å². The topological polar surface area (TPSA) is 51.7 Å². The van der Waals surface area contributed by atoms with Crippen LogP contribution in [0.3, 0.4) is 0 Å². The van der Waals surface area contributed by atoms with Crippen molar-refractivity contribution < 1.29 is 4.79 Å². The van der Waals surface area contributed by atoms with Crippen LogP contribution in [0.25, 0.3) is 4.85 Å². The first-order valence-electron chi connectivity index (χ1n) is 13.1. The summed E-state index contributed by atoms with van der Waals surface area (Å²) in [6.45, 7) is 12.8. The smallest absolute Gasteiger partial charge is 0.187 e. The van der Waals surface area contributed by atoms with Crippen LogP contribution in [0.5, 0.6) is 0 Å². The van der Waals surface area contributed by atoms with E-state index in [9.17, 15) is 4.79 Å². The molecular weight excluding hydrogens is 456 g/mol. The lowest BCUT2D eigenvalue weighted by Gasteiger charge is -2.32. The number of carbonyl (C=O) groups is 1. The summed E-state index contributed by atoms with van der Waals surface area (Å²) in [6, 6.07) is 24.2. The molecule has 186 valence electrons. The number of nitriles is 1. The predicted octanol–water partition coefficient (Wildman–Crippen LogP) is 6.15. The van der Waals surface area contributed by atoms with Crippen LogP contribution in [0.2, 0.25) is 0 Å². The fourth-order valence-corrected chi connectivity index (χ4v) is 5.53. The van der Waals surface area contributed by atoms with Crippen LogP contribution in [-0.2, 0) is 26.1 Å². The number of hydrogen-bond donors (Lipinski definition) is 0. The Morgan fingerprint density at radius 3 is 2.24 bits per heavy atom. The number of hydrogen-bond acceptors (Lipinski definition) is 4. The highest BCUT2D eigenvalue weighted by Crippen LogP contribution is 2.27. The summed E-state index contributed by atoms with van der Waals surface area (Å²) in [5.41, 5.74) is 7.29. The van der Waals surface area contributed by atoms with Crippen molar-refractivity contribution in [1.82, 2.24) is 9.80 Å². The van der Waals surface area contributed by atoms with Gasteiger partial charge in [-0.2, -0.15) is 5.26 Å². The van der Waals surface area contributed by atoms with Crippen molar-refractivity contribution in [1.29, 1.82) is 5.26 Å². The second-order valence-electron chi connectivity index (χ2n) is 10.4. The van der Waals surface area contributed by atoms with E-state index >= 15 is 0 Å². The number of carbonyl (C=O) groups excluding carboxylic acids is 1. The Labute approximate surface area is 219 Å². The highest BCUT2D eigenvalue weighted by Gasteiger charge is 2.23. The summed E-state index contributed by atoms with van der Waals surface area (Å²) in [5, 5.41) is 8.98. The first-order chi connectivity index (χ1) is 18.1. The molecule has 5 rings (SSSR count). The Morgan fingerprint density at radius 1 is 0.892 bits per heavy atom. The number of piperidine rings is 1. The lowest BCUT2D eigenvalue weighted by Crippen LogP contribution is -2.34. The number of ketones is 1. The molecule has 0 radical (unpaired) electrons. The van der Waals surface area contributed by atoms with Crippen LogP contribution >= 0.6 is 0 Å². The minimum Gasteiger partial charge on any atom is -0.299 e.